The van der Waals surface area contributed by atoms with Gasteiger partial charge in [0.1, 0.15) is 0 Å². The Balaban J connectivity index is 1.50. The number of benzene rings is 2. The highest BCUT2D eigenvalue weighted by Crippen LogP contribution is 2.24. The van der Waals surface area contributed by atoms with E-state index in [2.05, 4.69) is 10.2 Å². The average molecular weight is 458 g/mol. The topological polar surface area (TPSA) is 88.2 Å². The van der Waals surface area contributed by atoms with Crippen molar-refractivity contribution in [2.24, 2.45) is 0 Å². The molecular weight excluding hydrogens is 430 g/mol. The Hall–Kier alpha value is -3.04. The van der Waals surface area contributed by atoms with E-state index in [0.717, 1.165) is 18.8 Å². The minimum Gasteiger partial charge on any atom is -0.452 e. The largest absolute Gasteiger partial charge is 0.452 e. The van der Waals surface area contributed by atoms with Gasteiger partial charge in [0.15, 0.2) is 6.61 Å². The number of morpholine rings is 1. The molecule has 0 radical (unpaired) electrons. The number of amides is 2. The van der Waals surface area contributed by atoms with Crippen molar-refractivity contribution in [1.29, 1.82) is 0 Å². The second kappa shape index (κ2) is 11.5. The van der Waals surface area contributed by atoms with Gasteiger partial charge in [-0.2, -0.15) is 0 Å². The first kappa shape index (κ1) is 23.6. The highest BCUT2D eigenvalue weighted by Gasteiger charge is 2.16. The van der Waals surface area contributed by atoms with Crippen LogP contribution in [-0.2, 0) is 19.1 Å². The first-order valence-corrected chi connectivity index (χ1v) is 11.2. The van der Waals surface area contributed by atoms with E-state index in [-0.39, 0.29) is 11.7 Å². The van der Waals surface area contributed by atoms with E-state index in [1.165, 1.54) is 16.7 Å². The molecular formula is C23H27N3O5S. The molecule has 3 rings (SSSR count). The summed E-state index contributed by atoms with van der Waals surface area (Å²) in [6, 6.07) is 14.4. The summed E-state index contributed by atoms with van der Waals surface area (Å²) in [5.74, 6) is -0.885. The summed E-state index contributed by atoms with van der Waals surface area (Å²) in [5.41, 5.74) is 2.02. The van der Waals surface area contributed by atoms with Gasteiger partial charge in [0.05, 0.1) is 24.5 Å². The Morgan fingerprint density at radius 3 is 2.44 bits per heavy atom. The summed E-state index contributed by atoms with van der Waals surface area (Å²) < 4.78 is 10.6. The summed E-state index contributed by atoms with van der Waals surface area (Å²) in [4.78, 5) is 40.9. The van der Waals surface area contributed by atoms with Crippen LogP contribution in [0.25, 0.3) is 0 Å². The van der Waals surface area contributed by atoms with E-state index in [1.807, 2.05) is 24.3 Å². The van der Waals surface area contributed by atoms with Crippen LogP contribution in [0, 0.1) is 0 Å². The standard InChI is InChI=1S/C23H27N3O5S/c1-25(2)22(28)16-32-20-6-4-3-5-19(20)23(29)31-15-21(27)24-17-7-9-18(10-8-17)26-11-13-30-14-12-26/h3-10H,11-16H2,1-2H3,(H,24,27). The summed E-state index contributed by atoms with van der Waals surface area (Å²) in [5, 5.41) is 2.73. The Bertz CT molecular complexity index is 943. The molecule has 9 heteroatoms. The van der Waals surface area contributed by atoms with Gasteiger partial charge in [0.2, 0.25) is 5.91 Å². The fourth-order valence-electron chi connectivity index (χ4n) is 3.01. The van der Waals surface area contributed by atoms with Gasteiger partial charge in [0.25, 0.3) is 5.91 Å². The number of rotatable bonds is 8. The lowest BCUT2D eigenvalue weighted by Gasteiger charge is -2.28. The van der Waals surface area contributed by atoms with E-state index in [0.29, 0.717) is 29.4 Å². The lowest BCUT2D eigenvalue weighted by molar-refractivity contribution is -0.125. The summed E-state index contributed by atoms with van der Waals surface area (Å²) in [6.07, 6.45) is 0. The molecule has 1 fully saturated rings. The molecule has 2 amide bonds. The van der Waals surface area contributed by atoms with Crippen LogP contribution in [0.3, 0.4) is 0 Å². The zero-order valence-corrected chi connectivity index (χ0v) is 19.0. The molecule has 2 aromatic carbocycles. The Kier molecular flexibility index (Phi) is 8.52. The quantitative estimate of drug-likeness (QED) is 0.481. The van der Waals surface area contributed by atoms with Gasteiger partial charge in [-0.05, 0) is 36.4 Å². The smallest absolute Gasteiger partial charge is 0.339 e. The summed E-state index contributed by atoms with van der Waals surface area (Å²) in [6.45, 7) is 2.68. The van der Waals surface area contributed by atoms with Crippen LogP contribution in [0.5, 0.6) is 0 Å². The molecule has 1 saturated heterocycles. The molecule has 0 saturated carbocycles. The fraction of sp³-hybridized carbons (Fsp3) is 0.348. The fourth-order valence-corrected chi connectivity index (χ4v) is 4.03. The minimum absolute atomic E-state index is 0.0582. The minimum atomic E-state index is -0.608. The number of anilines is 2. The third-order valence-corrected chi connectivity index (χ3v) is 5.88. The average Bonchev–Trinajstić information content (AvgIpc) is 2.82. The molecule has 1 aliphatic rings. The number of esters is 1. The molecule has 2 aromatic rings. The number of hydrogen-bond donors (Lipinski definition) is 1. The van der Waals surface area contributed by atoms with Crippen molar-refractivity contribution in [2.45, 2.75) is 4.90 Å². The van der Waals surface area contributed by atoms with Crippen LogP contribution >= 0.6 is 11.8 Å². The molecule has 32 heavy (non-hydrogen) atoms. The predicted octanol–water partition coefficient (Wildman–Crippen LogP) is 2.50. The van der Waals surface area contributed by atoms with Gasteiger partial charge in [-0.3, -0.25) is 9.59 Å². The lowest BCUT2D eigenvalue weighted by atomic mass is 10.2. The molecule has 0 spiro atoms. The maximum absolute atomic E-state index is 12.5. The maximum Gasteiger partial charge on any atom is 0.339 e. The van der Waals surface area contributed by atoms with Crippen LogP contribution in [0.2, 0.25) is 0 Å². The number of hydrogen-bond acceptors (Lipinski definition) is 7. The van der Waals surface area contributed by atoms with Gasteiger partial charge in [0, 0.05) is 43.5 Å². The second-order valence-corrected chi connectivity index (χ2v) is 8.36. The van der Waals surface area contributed by atoms with E-state index < -0.39 is 18.5 Å². The molecule has 170 valence electrons. The first-order valence-electron chi connectivity index (χ1n) is 10.3. The first-order chi connectivity index (χ1) is 15.4. The van der Waals surface area contributed by atoms with Crippen LogP contribution in [0.15, 0.2) is 53.4 Å². The normalized spacial score (nSPS) is 13.4. The van der Waals surface area contributed by atoms with Crippen molar-refractivity contribution < 1.29 is 23.9 Å². The SMILES string of the molecule is CN(C)C(=O)CSc1ccccc1C(=O)OCC(=O)Nc1ccc(N2CCOCC2)cc1. The number of nitrogens with zero attached hydrogens (tertiary/aromatic N) is 2. The molecule has 0 aliphatic carbocycles. The zero-order valence-electron chi connectivity index (χ0n) is 18.2. The second-order valence-electron chi connectivity index (χ2n) is 7.34. The molecule has 0 bridgehead atoms. The summed E-state index contributed by atoms with van der Waals surface area (Å²) >= 11 is 1.26. The molecule has 8 nitrogen and oxygen atoms in total. The van der Waals surface area contributed by atoms with Gasteiger partial charge < -0.3 is 24.6 Å². The van der Waals surface area contributed by atoms with E-state index in [9.17, 15) is 14.4 Å². The Labute approximate surface area is 191 Å². The third kappa shape index (κ3) is 6.73. The van der Waals surface area contributed by atoms with Crippen LogP contribution in [0.4, 0.5) is 11.4 Å². The molecule has 0 unspecified atom stereocenters. The number of carbonyl (C=O) groups excluding carboxylic acids is 3. The van der Waals surface area contributed by atoms with Crippen molar-refractivity contribution in [1.82, 2.24) is 4.90 Å². The van der Waals surface area contributed by atoms with E-state index in [4.69, 9.17) is 9.47 Å². The Morgan fingerprint density at radius 2 is 1.75 bits per heavy atom. The molecule has 0 atom stereocenters. The molecule has 1 aliphatic heterocycles. The molecule has 0 aromatic heterocycles. The summed E-state index contributed by atoms with van der Waals surface area (Å²) in [7, 11) is 3.36. The number of nitrogens with one attached hydrogen (secondary N) is 1. The van der Waals surface area contributed by atoms with Crippen LogP contribution in [0.1, 0.15) is 10.4 Å². The van der Waals surface area contributed by atoms with Gasteiger partial charge in [-0.1, -0.05) is 12.1 Å². The monoisotopic (exact) mass is 457 g/mol. The molecule has 1 heterocycles. The molecule has 1 N–H and O–H groups in total. The predicted molar refractivity (Wildman–Crippen MR) is 124 cm³/mol. The zero-order chi connectivity index (χ0) is 22.9. The van der Waals surface area contributed by atoms with E-state index in [1.54, 1.807) is 38.4 Å². The van der Waals surface area contributed by atoms with Gasteiger partial charge >= 0.3 is 5.97 Å². The number of carbonyl (C=O) groups is 3. The van der Waals surface area contributed by atoms with Crippen molar-refractivity contribution in [3.8, 4) is 0 Å². The van der Waals surface area contributed by atoms with Crippen LogP contribution < -0.4 is 10.2 Å². The highest BCUT2D eigenvalue weighted by atomic mass is 32.2. The highest BCUT2D eigenvalue weighted by molar-refractivity contribution is 8.00. The van der Waals surface area contributed by atoms with Crippen molar-refractivity contribution in [3.05, 3.63) is 54.1 Å². The Morgan fingerprint density at radius 1 is 1.06 bits per heavy atom. The third-order valence-electron chi connectivity index (χ3n) is 4.82. The van der Waals surface area contributed by atoms with Crippen LogP contribution in [-0.4, -0.2) is 75.4 Å². The lowest BCUT2D eigenvalue weighted by Crippen LogP contribution is -2.36. The van der Waals surface area contributed by atoms with Gasteiger partial charge in [-0.15, -0.1) is 11.8 Å². The van der Waals surface area contributed by atoms with Crippen molar-refractivity contribution in [2.75, 3.05) is 63.0 Å². The number of thioether (sulfide) groups is 1. The van der Waals surface area contributed by atoms with Crippen molar-refractivity contribution >= 4 is 40.9 Å². The van der Waals surface area contributed by atoms with Crippen molar-refractivity contribution in [3.63, 3.8) is 0 Å². The maximum atomic E-state index is 12.5. The van der Waals surface area contributed by atoms with Gasteiger partial charge in [-0.25, -0.2) is 4.79 Å². The number of ether oxygens (including phenoxy) is 2. The van der Waals surface area contributed by atoms with E-state index >= 15 is 0 Å².